The average molecular weight is 274 g/mol. The quantitative estimate of drug-likeness (QED) is 0.865. The van der Waals surface area contributed by atoms with Crippen molar-refractivity contribution >= 4 is 11.6 Å². The van der Waals surface area contributed by atoms with Crippen molar-refractivity contribution in [1.29, 1.82) is 0 Å². The van der Waals surface area contributed by atoms with Gasteiger partial charge in [0, 0.05) is 37.7 Å². The van der Waals surface area contributed by atoms with E-state index in [1.54, 1.807) is 0 Å². The van der Waals surface area contributed by atoms with Crippen LogP contribution in [0.25, 0.3) is 0 Å². The first-order chi connectivity index (χ1) is 9.65. The summed E-state index contributed by atoms with van der Waals surface area (Å²) in [5.74, 6) is 0.725. The van der Waals surface area contributed by atoms with Crippen molar-refractivity contribution in [3.63, 3.8) is 0 Å². The van der Waals surface area contributed by atoms with Gasteiger partial charge in [-0.05, 0) is 24.0 Å². The zero-order chi connectivity index (χ0) is 14.1. The number of hydrogen-bond donors (Lipinski definition) is 2. The van der Waals surface area contributed by atoms with Crippen LogP contribution in [0.2, 0.25) is 0 Å². The molecule has 0 aromatic heterocycles. The Labute approximate surface area is 119 Å². The van der Waals surface area contributed by atoms with Crippen LogP contribution in [0.3, 0.4) is 0 Å². The largest absolute Gasteiger partial charge is 0.391 e. The summed E-state index contributed by atoms with van der Waals surface area (Å²) in [6, 6.07) is 8.20. The molecule has 4 heteroatoms. The molecule has 1 amide bonds. The predicted octanol–water partition coefficient (Wildman–Crippen LogP) is 1.82. The van der Waals surface area contributed by atoms with Crippen molar-refractivity contribution in [3.8, 4) is 0 Å². The lowest BCUT2D eigenvalue weighted by molar-refractivity contribution is -0.135. The summed E-state index contributed by atoms with van der Waals surface area (Å²) in [6.07, 6.45) is 1.05. The van der Waals surface area contributed by atoms with E-state index in [4.69, 9.17) is 0 Å². The summed E-state index contributed by atoms with van der Waals surface area (Å²) < 4.78 is 0. The lowest BCUT2D eigenvalue weighted by Crippen LogP contribution is -2.46. The number of anilines is 1. The van der Waals surface area contributed by atoms with E-state index in [2.05, 4.69) is 17.4 Å². The van der Waals surface area contributed by atoms with Crippen molar-refractivity contribution < 1.29 is 9.90 Å². The minimum absolute atomic E-state index is 0.166. The molecule has 1 aromatic carbocycles. The number of β-amino-alcohol motifs (C(OH)–C–C–N with tert-alkyl or cyclic N) is 1. The van der Waals surface area contributed by atoms with Crippen LogP contribution in [0, 0.1) is 5.92 Å². The Morgan fingerprint density at radius 1 is 1.45 bits per heavy atom. The number of carbonyl (C=O) groups excluding carboxylic acids is 1. The summed E-state index contributed by atoms with van der Waals surface area (Å²) in [4.78, 5) is 14.2. The van der Waals surface area contributed by atoms with Crippen LogP contribution in [0.1, 0.15) is 31.2 Å². The molecule has 2 aliphatic heterocycles. The highest BCUT2D eigenvalue weighted by Gasteiger charge is 2.30. The van der Waals surface area contributed by atoms with Gasteiger partial charge in [0.05, 0.1) is 6.10 Å². The molecule has 3 unspecified atom stereocenters. The summed E-state index contributed by atoms with van der Waals surface area (Å²) in [5.41, 5.74) is 2.39. The SMILES string of the molecule is CC1CCN(C(=O)CC2CNc3ccccc32)CC1O. The summed E-state index contributed by atoms with van der Waals surface area (Å²) >= 11 is 0. The van der Waals surface area contributed by atoms with Gasteiger partial charge in [-0.15, -0.1) is 0 Å². The molecule has 2 heterocycles. The number of para-hydroxylation sites is 1. The number of aliphatic hydroxyl groups is 1. The number of piperidine rings is 1. The Balaban J connectivity index is 1.63. The van der Waals surface area contributed by atoms with Gasteiger partial charge in [0.2, 0.25) is 5.91 Å². The minimum atomic E-state index is -0.373. The van der Waals surface area contributed by atoms with E-state index in [0.29, 0.717) is 18.9 Å². The summed E-state index contributed by atoms with van der Waals surface area (Å²) in [5, 5.41) is 13.3. The van der Waals surface area contributed by atoms with Gasteiger partial charge in [0.1, 0.15) is 0 Å². The molecule has 0 aliphatic carbocycles. The number of likely N-dealkylation sites (tertiary alicyclic amines) is 1. The zero-order valence-corrected chi connectivity index (χ0v) is 11.9. The normalized spacial score (nSPS) is 28.9. The summed E-state index contributed by atoms with van der Waals surface area (Å²) in [6.45, 7) is 4.14. The van der Waals surface area contributed by atoms with Crippen molar-refractivity contribution in [2.75, 3.05) is 25.0 Å². The molecular formula is C16H22N2O2. The van der Waals surface area contributed by atoms with Crippen molar-refractivity contribution in [2.24, 2.45) is 5.92 Å². The third-order valence-corrected chi connectivity index (χ3v) is 4.63. The van der Waals surface area contributed by atoms with E-state index in [-0.39, 0.29) is 17.9 Å². The first-order valence-electron chi connectivity index (χ1n) is 7.44. The molecule has 4 nitrogen and oxygen atoms in total. The Morgan fingerprint density at radius 2 is 2.25 bits per heavy atom. The van der Waals surface area contributed by atoms with E-state index in [0.717, 1.165) is 25.2 Å². The summed E-state index contributed by atoms with van der Waals surface area (Å²) in [7, 11) is 0. The smallest absolute Gasteiger partial charge is 0.223 e. The zero-order valence-electron chi connectivity index (χ0n) is 11.9. The average Bonchev–Trinajstić information content (AvgIpc) is 2.85. The molecule has 2 aliphatic rings. The second kappa shape index (κ2) is 5.44. The van der Waals surface area contributed by atoms with Crippen LogP contribution >= 0.6 is 0 Å². The molecule has 2 N–H and O–H groups in total. The number of amides is 1. The third kappa shape index (κ3) is 2.52. The first-order valence-corrected chi connectivity index (χ1v) is 7.44. The number of benzene rings is 1. The maximum atomic E-state index is 12.4. The Kier molecular flexibility index (Phi) is 3.66. The molecule has 0 radical (unpaired) electrons. The first kappa shape index (κ1) is 13.4. The standard InChI is InChI=1S/C16H22N2O2/c1-11-6-7-18(10-15(11)19)16(20)8-12-9-17-14-5-3-2-4-13(12)14/h2-5,11-12,15,17,19H,6-10H2,1H3. The van der Waals surface area contributed by atoms with Crippen LogP contribution in [-0.2, 0) is 4.79 Å². The van der Waals surface area contributed by atoms with Crippen LogP contribution in [0.15, 0.2) is 24.3 Å². The van der Waals surface area contributed by atoms with E-state index in [9.17, 15) is 9.90 Å². The molecule has 1 aromatic rings. The van der Waals surface area contributed by atoms with Crippen LogP contribution < -0.4 is 5.32 Å². The monoisotopic (exact) mass is 274 g/mol. The number of hydrogen-bond acceptors (Lipinski definition) is 3. The third-order valence-electron chi connectivity index (χ3n) is 4.63. The molecule has 1 saturated heterocycles. The molecule has 3 atom stereocenters. The second-order valence-electron chi connectivity index (χ2n) is 6.04. The number of nitrogens with one attached hydrogen (secondary N) is 1. The van der Waals surface area contributed by atoms with Gasteiger partial charge in [-0.2, -0.15) is 0 Å². The van der Waals surface area contributed by atoms with Gasteiger partial charge >= 0.3 is 0 Å². The maximum absolute atomic E-state index is 12.4. The fourth-order valence-electron chi connectivity index (χ4n) is 3.15. The molecule has 20 heavy (non-hydrogen) atoms. The van der Waals surface area contributed by atoms with E-state index in [1.165, 1.54) is 5.56 Å². The van der Waals surface area contributed by atoms with Gasteiger partial charge < -0.3 is 15.3 Å². The van der Waals surface area contributed by atoms with Gasteiger partial charge in [0.25, 0.3) is 0 Å². The lowest BCUT2D eigenvalue weighted by Gasteiger charge is -2.34. The van der Waals surface area contributed by atoms with Crippen LogP contribution in [0.5, 0.6) is 0 Å². The molecule has 3 rings (SSSR count). The van der Waals surface area contributed by atoms with Gasteiger partial charge in [-0.3, -0.25) is 4.79 Å². The highest BCUT2D eigenvalue weighted by molar-refractivity contribution is 5.78. The second-order valence-corrected chi connectivity index (χ2v) is 6.04. The fourth-order valence-corrected chi connectivity index (χ4v) is 3.15. The molecule has 1 fully saturated rings. The topological polar surface area (TPSA) is 52.6 Å². The lowest BCUT2D eigenvalue weighted by atomic mass is 9.94. The van der Waals surface area contributed by atoms with Crippen molar-refractivity contribution in [1.82, 2.24) is 4.90 Å². The predicted molar refractivity (Wildman–Crippen MR) is 78.7 cm³/mol. The molecule has 0 spiro atoms. The Bertz CT molecular complexity index is 503. The van der Waals surface area contributed by atoms with Crippen molar-refractivity contribution in [3.05, 3.63) is 29.8 Å². The number of aliphatic hydroxyl groups excluding tert-OH is 1. The Hall–Kier alpha value is -1.55. The van der Waals surface area contributed by atoms with Crippen LogP contribution in [0.4, 0.5) is 5.69 Å². The van der Waals surface area contributed by atoms with Crippen molar-refractivity contribution in [2.45, 2.75) is 31.8 Å². The number of nitrogens with zero attached hydrogens (tertiary/aromatic N) is 1. The highest BCUT2D eigenvalue weighted by atomic mass is 16.3. The number of rotatable bonds is 2. The minimum Gasteiger partial charge on any atom is -0.391 e. The molecule has 0 saturated carbocycles. The van der Waals surface area contributed by atoms with Gasteiger partial charge in [0.15, 0.2) is 0 Å². The number of carbonyl (C=O) groups is 1. The van der Waals surface area contributed by atoms with E-state index < -0.39 is 0 Å². The van der Waals surface area contributed by atoms with E-state index in [1.807, 2.05) is 24.0 Å². The van der Waals surface area contributed by atoms with Gasteiger partial charge in [-0.1, -0.05) is 25.1 Å². The van der Waals surface area contributed by atoms with E-state index >= 15 is 0 Å². The molecular weight excluding hydrogens is 252 g/mol. The number of fused-ring (bicyclic) bond motifs is 1. The molecule has 108 valence electrons. The highest BCUT2D eigenvalue weighted by Crippen LogP contribution is 2.33. The molecule has 0 bridgehead atoms. The maximum Gasteiger partial charge on any atom is 0.223 e. The van der Waals surface area contributed by atoms with Gasteiger partial charge in [-0.25, -0.2) is 0 Å². The Morgan fingerprint density at radius 3 is 3.05 bits per heavy atom. The fraction of sp³-hybridized carbons (Fsp3) is 0.562. The van der Waals surface area contributed by atoms with Crippen LogP contribution in [-0.4, -0.2) is 41.7 Å².